The fraction of sp³-hybridized carbons (Fsp3) is 0.462. The zero-order chi connectivity index (χ0) is 12.0. The molecule has 0 heterocycles. The van der Waals surface area contributed by atoms with Gasteiger partial charge < -0.3 is 4.90 Å². The number of benzene rings is 1. The monoisotopic (exact) mass is 239 g/mol. The Labute approximate surface area is 102 Å². The molecule has 1 amide bonds. The maximum absolute atomic E-state index is 11.9. The van der Waals surface area contributed by atoms with Crippen molar-refractivity contribution in [3.05, 3.63) is 30.3 Å². The van der Waals surface area contributed by atoms with Crippen LogP contribution in [-0.2, 0) is 4.79 Å². The molecule has 1 aromatic carbocycles. The third-order valence-corrected chi connectivity index (χ3v) is 2.96. The molecule has 1 aromatic rings. The van der Waals surface area contributed by atoms with Gasteiger partial charge in [0.1, 0.15) is 5.38 Å². The van der Waals surface area contributed by atoms with Gasteiger partial charge in [0.25, 0.3) is 0 Å². The highest BCUT2D eigenvalue weighted by Crippen LogP contribution is 2.16. The van der Waals surface area contributed by atoms with Crippen LogP contribution in [0.5, 0.6) is 0 Å². The lowest BCUT2D eigenvalue weighted by Gasteiger charge is -2.20. The van der Waals surface area contributed by atoms with Gasteiger partial charge in [0.2, 0.25) is 5.91 Å². The van der Waals surface area contributed by atoms with Crippen LogP contribution < -0.4 is 4.90 Å². The molecule has 88 valence electrons. The van der Waals surface area contributed by atoms with Gasteiger partial charge in [-0.25, -0.2) is 0 Å². The van der Waals surface area contributed by atoms with Crippen LogP contribution in [0.25, 0.3) is 0 Å². The van der Waals surface area contributed by atoms with Crippen molar-refractivity contribution in [2.45, 2.75) is 31.6 Å². The number of nitrogens with zero attached hydrogens (tertiary/aromatic N) is 1. The summed E-state index contributed by atoms with van der Waals surface area (Å²) in [6.07, 6.45) is 2.79. The fourth-order valence-corrected chi connectivity index (χ4v) is 1.80. The number of hydrogen-bond acceptors (Lipinski definition) is 1. The van der Waals surface area contributed by atoms with Gasteiger partial charge in [0, 0.05) is 12.7 Å². The smallest absolute Gasteiger partial charge is 0.244 e. The topological polar surface area (TPSA) is 20.3 Å². The van der Waals surface area contributed by atoms with Crippen LogP contribution in [0.3, 0.4) is 0 Å². The molecule has 0 saturated heterocycles. The van der Waals surface area contributed by atoms with Gasteiger partial charge in [0.15, 0.2) is 0 Å². The predicted octanol–water partition coefficient (Wildman–Crippen LogP) is 3.45. The summed E-state index contributed by atoms with van der Waals surface area (Å²) < 4.78 is 0. The first-order valence-electron chi connectivity index (χ1n) is 5.63. The number of rotatable bonds is 5. The van der Waals surface area contributed by atoms with Crippen LogP contribution in [0.1, 0.15) is 26.2 Å². The highest BCUT2D eigenvalue weighted by Gasteiger charge is 2.19. The number of amides is 1. The second-order valence-corrected chi connectivity index (χ2v) is 4.37. The lowest BCUT2D eigenvalue weighted by molar-refractivity contribution is -0.118. The van der Waals surface area contributed by atoms with E-state index in [2.05, 4.69) is 6.92 Å². The minimum Gasteiger partial charge on any atom is -0.314 e. The molecule has 0 saturated carbocycles. The first kappa shape index (κ1) is 13.0. The van der Waals surface area contributed by atoms with Gasteiger partial charge in [-0.15, -0.1) is 11.6 Å². The van der Waals surface area contributed by atoms with Gasteiger partial charge in [0.05, 0.1) is 0 Å². The normalized spacial score (nSPS) is 12.2. The highest BCUT2D eigenvalue weighted by atomic mass is 35.5. The molecule has 2 nitrogen and oxygen atoms in total. The SMILES string of the molecule is CCCCC(Cl)C(=O)N(C)c1ccccc1. The molecule has 0 aromatic heterocycles. The van der Waals surface area contributed by atoms with Crippen LogP contribution in [-0.4, -0.2) is 18.3 Å². The molecule has 0 fully saturated rings. The van der Waals surface area contributed by atoms with E-state index in [4.69, 9.17) is 11.6 Å². The average molecular weight is 240 g/mol. The fourth-order valence-electron chi connectivity index (χ4n) is 1.50. The minimum absolute atomic E-state index is 0.0266. The summed E-state index contributed by atoms with van der Waals surface area (Å²) in [5, 5.41) is -0.412. The summed E-state index contributed by atoms with van der Waals surface area (Å²) in [7, 11) is 1.76. The van der Waals surface area contributed by atoms with Crippen molar-refractivity contribution in [2.24, 2.45) is 0 Å². The Balaban J connectivity index is 2.60. The predicted molar refractivity (Wildman–Crippen MR) is 69.0 cm³/mol. The molecule has 1 unspecified atom stereocenters. The Morgan fingerprint density at radius 3 is 2.56 bits per heavy atom. The number of halogens is 1. The van der Waals surface area contributed by atoms with Gasteiger partial charge in [-0.1, -0.05) is 38.0 Å². The number of alkyl halides is 1. The number of carbonyl (C=O) groups excluding carboxylic acids is 1. The third kappa shape index (κ3) is 3.53. The van der Waals surface area contributed by atoms with Crippen LogP contribution in [0, 0.1) is 0 Å². The van der Waals surface area contributed by atoms with Crippen molar-refractivity contribution in [2.75, 3.05) is 11.9 Å². The summed E-state index contributed by atoms with van der Waals surface area (Å²) >= 11 is 6.06. The van der Waals surface area contributed by atoms with E-state index < -0.39 is 5.38 Å². The first-order valence-corrected chi connectivity index (χ1v) is 6.07. The van der Waals surface area contributed by atoms with Crippen LogP contribution >= 0.6 is 11.6 Å². The van der Waals surface area contributed by atoms with Gasteiger partial charge in [-0.2, -0.15) is 0 Å². The van der Waals surface area contributed by atoms with Gasteiger partial charge >= 0.3 is 0 Å². The van der Waals surface area contributed by atoms with Crippen molar-refractivity contribution in [1.82, 2.24) is 0 Å². The average Bonchev–Trinajstić information content (AvgIpc) is 2.35. The summed E-state index contributed by atoms with van der Waals surface area (Å²) in [5.41, 5.74) is 0.884. The molecule has 0 aliphatic heterocycles. The van der Waals surface area contributed by atoms with Crippen molar-refractivity contribution < 1.29 is 4.79 Å². The molecule has 0 aliphatic rings. The van der Waals surface area contributed by atoms with Gasteiger partial charge in [-0.05, 0) is 18.6 Å². The molecule has 0 radical (unpaired) electrons. The summed E-state index contributed by atoms with van der Waals surface area (Å²) in [4.78, 5) is 13.6. The quantitative estimate of drug-likeness (QED) is 0.721. The number of para-hydroxylation sites is 1. The largest absolute Gasteiger partial charge is 0.314 e. The maximum Gasteiger partial charge on any atom is 0.244 e. The zero-order valence-electron chi connectivity index (χ0n) is 9.82. The molecule has 1 rings (SSSR count). The van der Waals surface area contributed by atoms with E-state index >= 15 is 0 Å². The number of carbonyl (C=O) groups is 1. The lowest BCUT2D eigenvalue weighted by Crippen LogP contribution is -2.33. The lowest BCUT2D eigenvalue weighted by atomic mass is 10.2. The Hall–Kier alpha value is -1.02. The molecule has 0 bridgehead atoms. The van der Waals surface area contributed by atoms with Crippen molar-refractivity contribution in [3.63, 3.8) is 0 Å². The van der Waals surface area contributed by atoms with E-state index in [1.54, 1.807) is 11.9 Å². The highest BCUT2D eigenvalue weighted by molar-refractivity contribution is 6.32. The van der Waals surface area contributed by atoms with E-state index in [0.717, 1.165) is 24.9 Å². The van der Waals surface area contributed by atoms with Crippen molar-refractivity contribution in [3.8, 4) is 0 Å². The molecular formula is C13H18ClNO. The van der Waals surface area contributed by atoms with Crippen molar-refractivity contribution in [1.29, 1.82) is 0 Å². The Bertz CT molecular complexity index is 326. The maximum atomic E-state index is 11.9. The third-order valence-electron chi connectivity index (χ3n) is 2.55. The molecule has 0 spiro atoms. The Kier molecular flexibility index (Phi) is 5.33. The standard InChI is InChI=1S/C13H18ClNO/c1-3-4-10-12(14)13(16)15(2)11-8-6-5-7-9-11/h5-9,12H,3-4,10H2,1-2H3. The molecular weight excluding hydrogens is 222 g/mol. The molecule has 3 heteroatoms. The zero-order valence-corrected chi connectivity index (χ0v) is 10.6. The minimum atomic E-state index is -0.412. The van der Waals surface area contributed by atoms with E-state index in [1.165, 1.54) is 0 Å². The Morgan fingerprint density at radius 2 is 2.00 bits per heavy atom. The summed E-state index contributed by atoms with van der Waals surface area (Å²) in [6.45, 7) is 2.09. The first-order chi connectivity index (χ1) is 7.66. The summed E-state index contributed by atoms with van der Waals surface area (Å²) in [5.74, 6) is -0.0266. The molecule has 0 N–H and O–H groups in total. The van der Waals surface area contributed by atoms with Crippen LogP contribution in [0.2, 0.25) is 0 Å². The summed E-state index contributed by atoms with van der Waals surface area (Å²) in [6, 6.07) is 9.56. The van der Waals surface area contributed by atoms with E-state index in [1.807, 2.05) is 30.3 Å². The second kappa shape index (κ2) is 6.54. The van der Waals surface area contributed by atoms with Crippen molar-refractivity contribution >= 4 is 23.2 Å². The van der Waals surface area contributed by atoms with Gasteiger partial charge in [-0.3, -0.25) is 4.79 Å². The van der Waals surface area contributed by atoms with E-state index in [9.17, 15) is 4.79 Å². The van der Waals surface area contributed by atoms with Crippen LogP contribution in [0.4, 0.5) is 5.69 Å². The molecule has 1 atom stereocenters. The number of hydrogen-bond donors (Lipinski definition) is 0. The molecule has 16 heavy (non-hydrogen) atoms. The second-order valence-electron chi connectivity index (χ2n) is 3.84. The number of unbranched alkanes of at least 4 members (excludes halogenated alkanes) is 1. The van der Waals surface area contributed by atoms with Crippen LogP contribution in [0.15, 0.2) is 30.3 Å². The Morgan fingerprint density at radius 1 is 1.38 bits per heavy atom. The number of anilines is 1. The van der Waals surface area contributed by atoms with E-state index in [0.29, 0.717) is 0 Å². The van der Waals surface area contributed by atoms with E-state index in [-0.39, 0.29) is 5.91 Å². The molecule has 0 aliphatic carbocycles.